The zero-order valence-corrected chi connectivity index (χ0v) is 34.6. The number of ether oxygens (including phenoxy) is 5. The SMILES string of the molecule is CCOC(=O)C1OC(OC2CCC3(C)C(CCC4(C)C3CC=C3C5CC(C)(C)CCC5(C(=O)O)CCC34C)C2(C)C)C(O)C(OC2OCC(O)C(O)C2O)C1O. The maximum absolute atomic E-state index is 13.1. The number of hydrogen-bond acceptors (Lipinski definition) is 12. The number of carbonyl (C=O) groups is 2. The number of allylic oxidation sites excluding steroid dienone is 2. The van der Waals surface area contributed by atoms with Crippen molar-refractivity contribution in [3.8, 4) is 0 Å². The standard InChI is InChI=1S/C43H68O13/c1-9-52-34(49)33-30(47)32(55-35-29(46)28(45)24(44)21-53-35)31(48)36(56-33)54-27-13-14-40(6)25(39(27,4)5)12-15-42(8)26(40)11-10-22-23-20-38(2,3)16-18-43(23,37(50)51)19-17-41(22,42)7/h10,23-33,35-36,44-48H,9,11-21H2,1-8H3,(H,50,51). The summed E-state index contributed by atoms with van der Waals surface area (Å²) < 4.78 is 29.2. The molecule has 0 aromatic rings. The van der Waals surface area contributed by atoms with E-state index in [1.807, 2.05) is 0 Å². The van der Waals surface area contributed by atoms with Crippen molar-refractivity contribution in [3.05, 3.63) is 11.6 Å². The van der Waals surface area contributed by atoms with Crippen LogP contribution in [0.2, 0.25) is 0 Å². The molecule has 13 nitrogen and oxygen atoms in total. The lowest BCUT2D eigenvalue weighted by molar-refractivity contribution is -0.357. The molecule has 2 saturated heterocycles. The first-order chi connectivity index (χ1) is 26.1. The molecule has 0 spiro atoms. The Morgan fingerprint density at radius 2 is 1.50 bits per heavy atom. The summed E-state index contributed by atoms with van der Waals surface area (Å²) in [7, 11) is 0. The number of rotatable bonds is 7. The molecule has 4 saturated carbocycles. The third kappa shape index (κ3) is 6.35. The van der Waals surface area contributed by atoms with Gasteiger partial charge in [-0.3, -0.25) is 4.79 Å². The molecular weight excluding hydrogens is 724 g/mol. The molecule has 318 valence electrons. The van der Waals surface area contributed by atoms with Crippen molar-refractivity contribution < 1.29 is 63.9 Å². The van der Waals surface area contributed by atoms with Crippen LogP contribution in [0.15, 0.2) is 11.6 Å². The highest BCUT2D eigenvalue weighted by molar-refractivity contribution is 5.77. The van der Waals surface area contributed by atoms with E-state index in [0.717, 1.165) is 51.4 Å². The van der Waals surface area contributed by atoms with Gasteiger partial charge in [0.2, 0.25) is 0 Å². The molecule has 0 amide bonds. The molecule has 17 atom stereocenters. The lowest BCUT2D eigenvalue weighted by Crippen LogP contribution is -2.67. The van der Waals surface area contributed by atoms with Gasteiger partial charge in [-0.2, -0.15) is 0 Å². The van der Waals surface area contributed by atoms with E-state index in [0.29, 0.717) is 18.8 Å². The fourth-order valence-corrected chi connectivity index (χ4v) is 13.6. The Labute approximate surface area is 331 Å². The van der Waals surface area contributed by atoms with Gasteiger partial charge in [0.05, 0.1) is 24.7 Å². The third-order valence-corrected chi connectivity index (χ3v) is 17.1. The number of aliphatic carboxylic acids is 1. The summed E-state index contributed by atoms with van der Waals surface area (Å²) in [6.07, 6.45) is -3.43. The molecule has 2 heterocycles. The molecule has 7 aliphatic rings. The molecule has 6 N–H and O–H groups in total. The molecule has 17 unspecified atom stereocenters. The monoisotopic (exact) mass is 792 g/mol. The van der Waals surface area contributed by atoms with E-state index in [9.17, 15) is 40.2 Å². The molecular formula is C43H68O13. The van der Waals surface area contributed by atoms with Crippen molar-refractivity contribution in [3.63, 3.8) is 0 Å². The molecule has 7 rings (SSSR count). The first kappa shape index (κ1) is 42.4. The average molecular weight is 793 g/mol. The van der Waals surface area contributed by atoms with Crippen LogP contribution in [-0.2, 0) is 33.3 Å². The minimum atomic E-state index is -1.73. The van der Waals surface area contributed by atoms with Crippen molar-refractivity contribution in [2.45, 2.75) is 181 Å². The van der Waals surface area contributed by atoms with Crippen LogP contribution in [0.3, 0.4) is 0 Å². The smallest absolute Gasteiger partial charge is 0.338 e. The molecule has 13 heteroatoms. The van der Waals surface area contributed by atoms with E-state index in [1.165, 1.54) is 5.57 Å². The summed E-state index contributed by atoms with van der Waals surface area (Å²) >= 11 is 0. The second-order valence-electron chi connectivity index (χ2n) is 20.7. The van der Waals surface area contributed by atoms with Crippen LogP contribution in [0.1, 0.15) is 120 Å². The number of carboxylic acids is 1. The van der Waals surface area contributed by atoms with Gasteiger partial charge >= 0.3 is 11.9 Å². The number of aliphatic hydroxyl groups excluding tert-OH is 5. The zero-order chi connectivity index (χ0) is 41.0. The summed E-state index contributed by atoms with van der Waals surface area (Å²) in [5.74, 6) is -0.850. The van der Waals surface area contributed by atoms with Gasteiger partial charge in [-0.25, -0.2) is 4.79 Å². The first-order valence-corrected chi connectivity index (χ1v) is 21.2. The minimum Gasteiger partial charge on any atom is -0.481 e. The van der Waals surface area contributed by atoms with Crippen molar-refractivity contribution >= 4 is 11.9 Å². The maximum atomic E-state index is 13.1. The fraction of sp³-hybridized carbons (Fsp3) is 0.907. The van der Waals surface area contributed by atoms with Gasteiger partial charge in [-0.05, 0) is 116 Å². The van der Waals surface area contributed by atoms with Gasteiger partial charge in [-0.15, -0.1) is 0 Å². The van der Waals surface area contributed by atoms with E-state index in [-0.39, 0.29) is 46.7 Å². The number of carboxylic acid groups (broad SMARTS) is 1. The van der Waals surface area contributed by atoms with Gasteiger partial charge in [0.15, 0.2) is 18.7 Å². The second-order valence-corrected chi connectivity index (χ2v) is 20.7. The minimum absolute atomic E-state index is 0.0182. The summed E-state index contributed by atoms with van der Waals surface area (Å²) in [6.45, 7) is 17.7. The molecule has 6 fully saturated rings. The van der Waals surface area contributed by atoms with Crippen LogP contribution in [-0.4, -0.2) is 117 Å². The molecule has 0 aromatic carbocycles. The zero-order valence-electron chi connectivity index (χ0n) is 34.6. The predicted molar refractivity (Wildman–Crippen MR) is 201 cm³/mol. The number of esters is 1. The van der Waals surface area contributed by atoms with Crippen molar-refractivity contribution in [2.24, 2.45) is 50.2 Å². The quantitative estimate of drug-likeness (QED) is 0.122. The van der Waals surface area contributed by atoms with Gasteiger partial charge in [0.1, 0.15) is 36.6 Å². The fourth-order valence-electron chi connectivity index (χ4n) is 13.6. The van der Waals surface area contributed by atoms with Gasteiger partial charge in [-0.1, -0.05) is 60.1 Å². The summed E-state index contributed by atoms with van der Waals surface area (Å²) in [4.78, 5) is 26.1. The van der Waals surface area contributed by atoms with E-state index < -0.39 is 84.2 Å². The second kappa shape index (κ2) is 14.5. The lowest BCUT2D eigenvalue weighted by Gasteiger charge is -2.71. The molecule has 2 aliphatic heterocycles. The third-order valence-electron chi connectivity index (χ3n) is 17.1. The van der Waals surface area contributed by atoms with Crippen LogP contribution >= 0.6 is 0 Å². The van der Waals surface area contributed by atoms with Gasteiger partial charge in [0.25, 0.3) is 0 Å². The molecule has 0 radical (unpaired) electrons. The highest BCUT2D eigenvalue weighted by atomic mass is 16.7. The van der Waals surface area contributed by atoms with Crippen LogP contribution in [0.25, 0.3) is 0 Å². The van der Waals surface area contributed by atoms with E-state index >= 15 is 0 Å². The average Bonchev–Trinajstić information content (AvgIpc) is 3.12. The topological polar surface area (TPSA) is 202 Å². The van der Waals surface area contributed by atoms with Crippen molar-refractivity contribution in [1.29, 1.82) is 0 Å². The van der Waals surface area contributed by atoms with E-state index in [1.54, 1.807) is 6.92 Å². The normalized spacial score (nSPS) is 50.9. The summed E-state index contributed by atoms with van der Waals surface area (Å²) in [5, 5.41) is 64.4. The molecule has 56 heavy (non-hydrogen) atoms. The molecule has 0 aromatic heterocycles. The largest absolute Gasteiger partial charge is 0.481 e. The summed E-state index contributed by atoms with van der Waals surface area (Å²) in [5.41, 5.74) is 0.203. The van der Waals surface area contributed by atoms with E-state index in [2.05, 4.69) is 54.5 Å². The highest BCUT2D eigenvalue weighted by Crippen LogP contribution is 2.76. The number of fused-ring (bicyclic) bond motifs is 7. The number of carbonyl (C=O) groups excluding carboxylic acids is 1. The number of hydrogen-bond donors (Lipinski definition) is 6. The lowest BCUT2D eigenvalue weighted by atomic mass is 9.33. The highest BCUT2D eigenvalue weighted by Gasteiger charge is 2.69. The summed E-state index contributed by atoms with van der Waals surface area (Å²) in [6, 6.07) is 0. The van der Waals surface area contributed by atoms with Crippen LogP contribution in [0, 0.1) is 50.2 Å². The number of aliphatic hydroxyl groups is 5. The molecule has 5 aliphatic carbocycles. The van der Waals surface area contributed by atoms with Crippen LogP contribution in [0.5, 0.6) is 0 Å². The van der Waals surface area contributed by atoms with Crippen LogP contribution < -0.4 is 0 Å². The Kier molecular flexibility index (Phi) is 11.0. The van der Waals surface area contributed by atoms with Gasteiger partial charge < -0.3 is 54.3 Å². The Bertz CT molecular complexity index is 1550. The van der Waals surface area contributed by atoms with Crippen molar-refractivity contribution in [2.75, 3.05) is 13.2 Å². The maximum Gasteiger partial charge on any atom is 0.338 e. The Balaban J connectivity index is 1.14. The first-order valence-electron chi connectivity index (χ1n) is 21.2. The van der Waals surface area contributed by atoms with Crippen LogP contribution in [0.4, 0.5) is 0 Å². The van der Waals surface area contributed by atoms with Gasteiger partial charge in [0, 0.05) is 0 Å². The Morgan fingerprint density at radius 3 is 2.18 bits per heavy atom. The predicted octanol–water partition coefficient (Wildman–Crippen LogP) is 4.09. The molecule has 0 bridgehead atoms. The Hall–Kier alpha value is -1.68. The van der Waals surface area contributed by atoms with Crippen molar-refractivity contribution in [1.82, 2.24) is 0 Å². The van der Waals surface area contributed by atoms with E-state index in [4.69, 9.17) is 23.7 Å². The Morgan fingerprint density at radius 1 is 0.804 bits per heavy atom.